The first-order valence-electron chi connectivity index (χ1n) is 9.37. The number of aromatic nitrogens is 2. The molecule has 7 nitrogen and oxygen atoms in total. The molecule has 1 heterocycles. The molecule has 1 saturated carbocycles. The summed E-state index contributed by atoms with van der Waals surface area (Å²) in [6, 6.07) is 11.8. The van der Waals surface area contributed by atoms with E-state index in [0.717, 1.165) is 36.8 Å². The zero-order valence-corrected chi connectivity index (χ0v) is 15.3. The van der Waals surface area contributed by atoms with Gasteiger partial charge in [0.1, 0.15) is 0 Å². The fourth-order valence-electron chi connectivity index (χ4n) is 3.85. The second kappa shape index (κ2) is 7.34. The van der Waals surface area contributed by atoms with E-state index in [-0.39, 0.29) is 29.7 Å². The van der Waals surface area contributed by atoms with Crippen LogP contribution in [0.4, 0.5) is 0 Å². The molecular formula is C21H21N3O4. The van der Waals surface area contributed by atoms with E-state index in [4.69, 9.17) is 5.11 Å². The number of carbonyl (C=O) groups excluding carboxylic acids is 1. The highest BCUT2D eigenvalue weighted by molar-refractivity contribution is 5.97. The van der Waals surface area contributed by atoms with Crippen LogP contribution in [0.3, 0.4) is 0 Å². The predicted octanol–water partition coefficient (Wildman–Crippen LogP) is 3.07. The maximum Gasteiger partial charge on any atom is 0.335 e. The molecule has 28 heavy (non-hydrogen) atoms. The molecule has 3 N–H and O–H groups in total. The van der Waals surface area contributed by atoms with Gasteiger partial charge in [-0.25, -0.2) is 9.59 Å². The van der Waals surface area contributed by atoms with Crippen LogP contribution in [0, 0.1) is 0 Å². The van der Waals surface area contributed by atoms with E-state index in [1.807, 2.05) is 10.6 Å². The molecule has 0 saturated heterocycles. The molecule has 0 bridgehead atoms. The third kappa shape index (κ3) is 3.43. The Hall–Kier alpha value is -3.35. The van der Waals surface area contributed by atoms with E-state index in [1.165, 1.54) is 12.1 Å². The summed E-state index contributed by atoms with van der Waals surface area (Å²) in [4.78, 5) is 38.6. The van der Waals surface area contributed by atoms with Crippen molar-refractivity contribution in [3.05, 3.63) is 69.6 Å². The zero-order chi connectivity index (χ0) is 19.7. The lowest BCUT2D eigenvalue weighted by molar-refractivity contribution is 0.0696. The summed E-state index contributed by atoms with van der Waals surface area (Å²) in [6.07, 6.45) is 4.29. The summed E-state index contributed by atoms with van der Waals surface area (Å²) in [5.41, 5.74) is 2.84. The standard InChI is InChI=1S/C21H21N3O4/c25-19(22-12-13-5-7-14(8-6-13)20(26)27)15-9-10-18-17(11-15)23-21(28)24(18)16-3-1-2-4-16/h5-11,16H,1-4,12H2,(H,22,25)(H,23,28)(H,26,27). The van der Waals surface area contributed by atoms with E-state index in [9.17, 15) is 14.4 Å². The summed E-state index contributed by atoms with van der Waals surface area (Å²) >= 11 is 0. The van der Waals surface area contributed by atoms with Gasteiger partial charge in [0.2, 0.25) is 0 Å². The highest BCUT2D eigenvalue weighted by atomic mass is 16.4. The number of hydrogen-bond acceptors (Lipinski definition) is 3. The van der Waals surface area contributed by atoms with Crippen molar-refractivity contribution in [1.29, 1.82) is 0 Å². The van der Waals surface area contributed by atoms with Crippen molar-refractivity contribution in [2.45, 2.75) is 38.3 Å². The number of carbonyl (C=O) groups is 2. The van der Waals surface area contributed by atoms with E-state index in [1.54, 1.807) is 24.3 Å². The molecule has 1 aliphatic rings. The number of nitrogens with zero attached hydrogens (tertiary/aromatic N) is 1. The van der Waals surface area contributed by atoms with Gasteiger partial charge in [-0.3, -0.25) is 9.36 Å². The molecule has 7 heteroatoms. The molecule has 0 atom stereocenters. The minimum absolute atomic E-state index is 0.127. The molecule has 0 aliphatic heterocycles. The van der Waals surface area contributed by atoms with Gasteiger partial charge in [-0.2, -0.15) is 0 Å². The number of carboxylic acid groups (broad SMARTS) is 1. The second-order valence-corrected chi connectivity index (χ2v) is 7.16. The summed E-state index contributed by atoms with van der Waals surface area (Å²) in [6.45, 7) is 0.288. The monoisotopic (exact) mass is 379 g/mol. The van der Waals surface area contributed by atoms with E-state index >= 15 is 0 Å². The average Bonchev–Trinajstić information content (AvgIpc) is 3.32. The molecule has 1 aromatic heterocycles. The summed E-state index contributed by atoms with van der Waals surface area (Å²) in [7, 11) is 0. The summed E-state index contributed by atoms with van der Waals surface area (Å²) in [5.74, 6) is -1.24. The van der Waals surface area contributed by atoms with Crippen molar-refractivity contribution in [1.82, 2.24) is 14.9 Å². The Morgan fingerprint density at radius 3 is 2.43 bits per heavy atom. The zero-order valence-electron chi connectivity index (χ0n) is 15.3. The van der Waals surface area contributed by atoms with E-state index < -0.39 is 5.97 Å². The number of hydrogen-bond donors (Lipinski definition) is 3. The van der Waals surface area contributed by atoms with Crippen LogP contribution in [0.2, 0.25) is 0 Å². The highest BCUT2D eigenvalue weighted by Gasteiger charge is 2.21. The minimum Gasteiger partial charge on any atom is -0.478 e. The first-order valence-corrected chi connectivity index (χ1v) is 9.37. The topological polar surface area (TPSA) is 104 Å². The Morgan fingerprint density at radius 2 is 1.75 bits per heavy atom. The van der Waals surface area contributed by atoms with Crippen LogP contribution < -0.4 is 11.0 Å². The fraction of sp³-hybridized carbons (Fsp3) is 0.286. The number of fused-ring (bicyclic) bond motifs is 1. The fourth-order valence-corrected chi connectivity index (χ4v) is 3.85. The largest absolute Gasteiger partial charge is 0.478 e. The van der Waals surface area contributed by atoms with Gasteiger partial charge in [-0.05, 0) is 48.7 Å². The smallest absolute Gasteiger partial charge is 0.335 e. The first-order chi connectivity index (χ1) is 13.5. The van der Waals surface area contributed by atoms with Crippen LogP contribution in [-0.4, -0.2) is 26.5 Å². The third-order valence-electron chi connectivity index (χ3n) is 5.32. The molecule has 0 spiro atoms. The lowest BCUT2D eigenvalue weighted by Crippen LogP contribution is -2.22. The van der Waals surface area contributed by atoms with Gasteiger partial charge >= 0.3 is 11.7 Å². The molecule has 144 valence electrons. The molecule has 1 amide bonds. The average molecular weight is 379 g/mol. The van der Waals surface area contributed by atoms with Crippen LogP contribution in [0.15, 0.2) is 47.3 Å². The van der Waals surface area contributed by atoms with Crippen LogP contribution in [-0.2, 0) is 6.54 Å². The Labute approximate surface area is 161 Å². The van der Waals surface area contributed by atoms with Gasteiger partial charge in [-0.15, -0.1) is 0 Å². The third-order valence-corrected chi connectivity index (χ3v) is 5.32. The number of H-pyrrole nitrogens is 1. The molecular weight excluding hydrogens is 358 g/mol. The van der Waals surface area contributed by atoms with Gasteiger partial charge in [0.15, 0.2) is 0 Å². The number of rotatable bonds is 5. The number of aromatic carboxylic acids is 1. The Morgan fingerprint density at radius 1 is 1.07 bits per heavy atom. The quantitative estimate of drug-likeness (QED) is 0.634. The van der Waals surface area contributed by atoms with Crippen molar-refractivity contribution in [2.75, 3.05) is 0 Å². The van der Waals surface area contributed by atoms with Crippen LogP contribution >= 0.6 is 0 Å². The Balaban J connectivity index is 1.50. The number of benzene rings is 2. The second-order valence-electron chi connectivity index (χ2n) is 7.16. The van der Waals surface area contributed by atoms with Gasteiger partial charge in [0, 0.05) is 18.2 Å². The molecule has 4 rings (SSSR count). The van der Waals surface area contributed by atoms with Crippen LogP contribution in [0.25, 0.3) is 11.0 Å². The summed E-state index contributed by atoms with van der Waals surface area (Å²) < 4.78 is 1.81. The lowest BCUT2D eigenvalue weighted by Gasteiger charge is -2.11. The maximum atomic E-state index is 12.5. The van der Waals surface area contributed by atoms with Crippen molar-refractivity contribution < 1.29 is 14.7 Å². The minimum atomic E-state index is -0.984. The first kappa shape index (κ1) is 18.0. The highest BCUT2D eigenvalue weighted by Crippen LogP contribution is 2.30. The van der Waals surface area contributed by atoms with Gasteiger partial charge in [0.05, 0.1) is 16.6 Å². The molecule has 1 aliphatic carbocycles. The lowest BCUT2D eigenvalue weighted by atomic mass is 10.1. The van der Waals surface area contributed by atoms with Gasteiger partial charge in [0.25, 0.3) is 5.91 Å². The molecule has 0 radical (unpaired) electrons. The van der Waals surface area contributed by atoms with E-state index in [2.05, 4.69) is 10.3 Å². The predicted molar refractivity (Wildman–Crippen MR) is 105 cm³/mol. The van der Waals surface area contributed by atoms with Crippen molar-refractivity contribution in [3.8, 4) is 0 Å². The maximum absolute atomic E-state index is 12.5. The van der Waals surface area contributed by atoms with Gasteiger partial charge < -0.3 is 15.4 Å². The number of carboxylic acids is 1. The normalized spacial score (nSPS) is 14.4. The number of aromatic amines is 1. The number of nitrogens with one attached hydrogen (secondary N) is 2. The Kier molecular flexibility index (Phi) is 4.73. The molecule has 0 unspecified atom stereocenters. The van der Waals surface area contributed by atoms with E-state index in [0.29, 0.717) is 11.1 Å². The van der Waals surface area contributed by atoms with Crippen molar-refractivity contribution in [2.24, 2.45) is 0 Å². The molecule has 2 aromatic carbocycles. The van der Waals surface area contributed by atoms with Crippen LogP contribution in [0.1, 0.15) is 58.0 Å². The summed E-state index contributed by atoms with van der Waals surface area (Å²) in [5, 5.41) is 11.7. The van der Waals surface area contributed by atoms with Crippen molar-refractivity contribution in [3.63, 3.8) is 0 Å². The number of amides is 1. The number of imidazole rings is 1. The van der Waals surface area contributed by atoms with Crippen LogP contribution in [0.5, 0.6) is 0 Å². The van der Waals surface area contributed by atoms with Crippen molar-refractivity contribution >= 4 is 22.9 Å². The molecule has 3 aromatic rings. The SMILES string of the molecule is O=C(O)c1ccc(CNC(=O)c2ccc3c(c2)[nH]c(=O)n3C2CCCC2)cc1. The Bertz CT molecular complexity index is 1090. The van der Waals surface area contributed by atoms with Gasteiger partial charge in [-0.1, -0.05) is 25.0 Å². The molecule has 1 fully saturated rings.